The van der Waals surface area contributed by atoms with Gasteiger partial charge in [-0.25, -0.2) is 4.79 Å². The molecule has 6 heteroatoms. The van der Waals surface area contributed by atoms with Crippen molar-refractivity contribution in [2.24, 2.45) is 5.92 Å². The summed E-state index contributed by atoms with van der Waals surface area (Å²) in [6.07, 6.45) is 1.12. The Labute approximate surface area is 114 Å². The van der Waals surface area contributed by atoms with E-state index in [1.807, 2.05) is 27.7 Å². The summed E-state index contributed by atoms with van der Waals surface area (Å²) in [6.45, 7) is 9.35. The van der Waals surface area contributed by atoms with Crippen molar-refractivity contribution < 1.29 is 19.2 Å². The fourth-order valence-electron chi connectivity index (χ4n) is 3.33. The van der Waals surface area contributed by atoms with E-state index < -0.39 is 6.09 Å². The lowest BCUT2D eigenvalue weighted by molar-refractivity contribution is 0.00578. The Kier molecular flexibility index (Phi) is 2.56. The number of hydrogen-bond donors (Lipinski definition) is 1. The van der Waals surface area contributed by atoms with Crippen molar-refractivity contribution >= 4 is 13.2 Å². The van der Waals surface area contributed by atoms with Crippen LogP contribution >= 0.6 is 0 Å². The molecule has 2 heterocycles. The van der Waals surface area contributed by atoms with Crippen molar-refractivity contribution in [3.05, 3.63) is 0 Å². The number of amides is 1. The summed E-state index contributed by atoms with van der Waals surface area (Å²) in [5.41, 5.74) is -0.684. The van der Waals surface area contributed by atoms with Gasteiger partial charge in [0.15, 0.2) is 0 Å². The highest BCUT2D eigenvalue weighted by atomic mass is 16.7. The second-order valence-corrected chi connectivity index (χ2v) is 7.22. The highest BCUT2D eigenvalue weighted by Crippen LogP contribution is 2.68. The van der Waals surface area contributed by atoms with Crippen LogP contribution in [-0.4, -0.2) is 47.5 Å². The van der Waals surface area contributed by atoms with Crippen LogP contribution in [0.15, 0.2) is 0 Å². The lowest BCUT2D eigenvalue weighted by atomic mass is 9.64. The van der Waals surface area contributed by atoms with E-state index in [1.54, 1.807) is 0 Å². The Morgan fingerprint density at radius 3 is 2.37 bits per heavy atom. The second kappa shape index (κ2) is 3.67. The summed E-state index contributed by atoms with van der Waals surface area (Å²) in [5, 5.41) is 9.07. The monoisotopic (exact) mass is 267 g/mol. The van der Waals surface area contributed by atoms with Crippen LogP contribution in [0, 0.1) is 5.92 Å². The standard InChI is InChI=1S/C13H22BNO4/c1-11(2)12(3,4)19-14(18-11)13-7-9(13)5-6-15(8-13)10(16)17/h9H,5-8H2,1-4H3,(H,16,17). The third-order valence-electron chi connectivity index (χ3n) is 5.51. The number of fused-ring (bicyclic) bond motifs is 1. The van der Waals surface area contributed by atoms with Crippen molar-refractivity contribution in [3.63, 3.8) is 0 Å². The smallest absolute Gasteiger partial charge is 0.465 e. The molecule has 3 aliphatic rings. The van der Waals surface area contributed by atoms with Gasteiger partial charge in [0, 0.05) is 18.4 Å². The molecule has 2 aliphatic heterocycles. The fourth-order valence-corrected chi connectivity index (χ4v) is 3.33. The van der Waals surface area contributed by atoms with E-state index in [-0.39, 0.29) is 23.6 Å². The van der Waals surface area contributed by atoms with Gasteiger partial charge in [-0.05, 0) is 46.5 Å². The molecule has 106 valence electrons. The normalized spacial score (nSPS) is 39.1. The predicted molar refractivity (Wildman–Crippen MR) is 71.1 cm³/mol. The van der Waals surface area contributed by atoms with Crippen LogP contribution in [-0.2, 0) is 9.31 Å². The number of carbonyl (C=O) groups is 1. The third kappa shape index (κ3) is 1.80. The number of hydrogen-bond acceptors (Lipinski definition) is 3. The lowest BCUT2D eigenvalue weighted by Crippen LogP contribution is -2.44. The molecule has 2 unspecified atom stereocenters. The SMILES string of the molecule is CC1(C)OB(C23CC2CCN(C(=O)O)C3)OC1(C)C. The zero-order valence-electron chi connectivity index (χ0n) is 12.1. The molecule has 3 rings (SSSR count). The number of piperidine rings is 1. The Hall–Kier alpha value is -0.745. The molecule has 2 saturated heterocycles. The van der Waals surface area contributed by atoms with Gasteiger partial charge in [-0.15, -0.1) is 0 Å². The van der Waals surface area contributed by atoms with Gasteiger partial charge in [-0.1, -0.05) is 0 Å². The van der Waals surface area contributed by atoms with E-state index in [1.165, 1.54) is 4.90 Å². The quantitative estimate of drug-likeness (QED) is 0.740. The number of carboxylic acid groups (broad SMARTS) is 1. The summed E-state index contributed by atoms with van der Waals surface area (Å²) < 4.78 is 12.3. The van der Waals surface area contributed by atoms with Crippen LogP contribution in [0.4, 0.5) is 4.79 Å². The largest absolute Gasteiger partial charge is 0.466 e. The molecule has 19 heavy (non-hydrogen) atoms. The van der Waals surface area contributed by atoms with Gasteiger partial charge in [0.05, 0.1) is 11.2 Å². The minimum Gasteiger partial charge on any atom is -0.465 e. The predicted octanol–water partition coefficient (Wildman–Crippen LogP) is 2.22. The fraction of sp³-hybridized carbons (Fsp3) is 0.923. The molecule has 0 aromatic rings. The molecule has 0 spiro atoms. The van der Waals surface area contributed by atoms with Crippen LogP contribution < -0.4 is 0 Å². The second-order valence-electron chi connectivity index (χ2n) is 7.22. The molecule has 0 aromatic heterocycles. The molecule has 5 nitrogen and oxygen atoms in total. The average Bonchev–Trinajstić information content (AvgIpc) is 2.96. The molecular formula is C13H22BNO4. The minimum absolute atomic E-state index is 0.109. The van der Waals surface area contributed by atoms with Crippen LogP contribution in [0.2, 0.25) is 5.31 Å². The molecule has 0 aromatic carbocycles. The minimum atomic E-state index is -0.832. The maximum atomic E-state index is 11.2. The Balaban J connectivity index is 1.79. The van der Waals surface area contributed by atoms with Crippen LogP contribution in [0.5, 0.6) is 0 Å². The van der Waals surface area contributed by atoms with Crippen molar-refractivity contribution in [1.29, 1.82) is 0 Å². The third-order valence-corrected chi connectivity index (χ3v) is 5.51. The molecule has 2 atom stereocenters. The van der Waals surface area contributed by atoms with Crippen molar-refractivity contribution in [1.82, 2.24) is 4.90 Å². The number of rotatable bonds is 1. The number of nitrogens with zero attached hydrogens (tertiary/aromatic N) is 1. The van der Waals surface area contributed by atoms with E-state index in [9.17, 15) is 9.90 Å². The van der Waals surface area contributed by atoms with Gasteiger partial charge < -0.3 is 19.3 Å². The first-order valence-electron chi connectivity index (χ1n) is 7.01. The Morgan fingerprint density at radius 2 is 1.84 bits per heavy atom. The van der Waals surface area contributed by atoms with Gasteiger partial charge in [-0.3, -0.25) is 0 Å². The highest BCUT2D eigenvalue weighted by Gasteiger charge is 2.71. The van der Waals surface area contributed by atoms with Crippen LogP contribution in [0.3, 0.4) is 0 Å². The van der Waals surface area contributed by atoms with E-state index in [0.29, 0.717) is 19.0 Å². The van der Waals surface area contributed by atoms with Gasteiger partial charge in [-0.2, -0.15) is 0 Å². The van der Waals surface area contributed by atoms with E-state index in [2.05, 4.69) is 0 Å². The molecule has 0 bridgehead atoms. The lowest BCUT2D eigenvalue weighted by Gasteiger charge is -2.32. The Morgan fingerprint density at radius 1 is 1.26 bits per heavy atom. The average molecular weight is 267 g/mol. The number of likely N-dealkylation sites (tertiary alicyclic amines) is 1. The maximum absolute atomic E-state index is 11.2. The first-order valence-corrected chi connectivity index (χ1v) is 7.01. The highest BCUT2D eigenvalue weighted by molar-refractivity contribution is 6.51. The molecule has 1 N–H and O–H groups in total. The molecule has 3 fully saturated rings. The van der Waals surface area contributed by atoms with Gasteiger partial charge in [0.2, 0.25) is 0 Å². The summed E-state index contributed by atoms with van der Waals surface area (Å²) in [5.74, 6) is 0.554. The van der Waals surface area contributed by atoms with Crippen molar-refractivity contribution in [2.45, 2.75) is 57.1 Å². The van der Waals surface area contributed by atoms with E-state index in [4.69, 9.17) is 9.31 Å². The zero-order valence-corrected chi connectivity index (χ0v) is 12.1. The summed E-state index contributed by atoms with van der Waals surface area (Å²) >= 11 is 0. The molecule has 0 radical (unpaired) electrons. The molecule has 1 amide bonds. The van der Waals surface area contributed by atoms with Crippen molar-refractivity contribution in [2.75, 3.05) is 13.1 Å². The zero-order chi connectivity index (χ0) is 14.1. The van der Waals surface area contributed by atoms with Gasteiger partial charge in [0.1, 0.15) is 0 Å². The maximum Gasteiger partial charge on any atom is 0.466 e. The topological polar surface area (TPSA) is 59.0 Å². The van der Waals surface area contributed by atoms with Gasteiger partial charge >= 0.3 is 13.2 Å². The summed E-state index contributed by atoms with van der Waals surface area (Å²) in [4.78, 5) is 12.7. The molecule has 1 aliphatic carbocycles. The van der Waals surface area contributed by atoms with Crippen LogP contribution in [0.1, 0.15) is 40.5 Å². The Bertz CT molecular complexity index is 409. The first-order chi connectivity index (χ1) is 8.68. The van der Waals surface area contributed by atoms with Crippen molar-refractivity contribution in [3.8, 4) is 0 Å². The van der Waals surface area contributed by atoms with E-state index >= 15 is 0 Å². The van der Waals surface area contributed by atoms with E-state index in [0.717, 1.165) is 12.8 Å². The summed E-state index contributed by atoms with van der Waals surface area (Å²) in [7, 11) is -0.273. The summed E-state index contributed by atoms with van der Waals surface area (Å²) in [6, 6.07) is 0. The molecular weight excluding hydrogens is 245 g/mol. The molecule has 1 saturated carbocycles. The van der Waals surface area contributed by atoms with Gasteiger partial charge in [0.25, 0.3) is 0 Å². The van der Waals surface area contributed by atoms with Crippen LogP contribution in [0.25, 0.3) is 0 Å². The first kappa shape index (κ1) is 13.2.